The average molecular weight is 278 g/mol. The maximum atomic E-state index is 4.46. The molecule has 0 spiro atoms. The second-order valence-corrected chi connectivity index (χ2v) is 6.35. The van der Waals surface area contributed by atoms with Crippen molar-refractivity contribution in [1.29, 1.82) is 0 Å². The normalized spacial score (nSPS) is 16.4. The van der Waals surface area contributed by atoms with E-state index in [1.165, 1.54) is 45.1 Å². The number of hydrogen-bond donors (Lipinski definition) is 1. The zero-order chi connectivity index (χ0) is 14.4. The third-order valence-electron chi connectivity index (χ3n) is 4.45. The standard InChI is InChI=1S/C16H30N4/c1-14(2)19(3)11-6-7-12-20-13-10-17-16(20)18-15-8-4-5-9-15/h10,13-15H,4-9,11-12H2,1-3H3,(H,17,18). The second-order valence-electron chi connectivity index (χ2n) is 6.35. The Labute approximate surface area is 123 Å². The summed E-state index contributed by atoms with van der Waals surface area (Å²) in [6.07, 6.45) is 11.8. The Kier molecular flexibility index (Phi) is 5.89. The van der Waals surface area contributed by atoms with Gasteiger partial charge in [0, 0.05) is 31.0 Å². The molecule has 4 nitrogen and oxygen atoms in total. The summed E-state index contributed by atoms with van der Waals surface area (Å²) in [6, 6.07) is 1.28. The summed E-state index contributed by atoms with van der Waals surface area (Å²) in [7, 11) is 2.20. The van der Waals surface area contributed by atoms with Crippen molar-refractivity contribution in [3.8, 4) is 0 Å². The first-order chi connectivity index (χ1) is 9.66. The van der Waals surface area contributed by atoms with Gasteiger partial charge in [-0.25, -0.2) is 4.98 Å². The number of unbranched alkanes of at least 4 members (excludes halogenated alkanes) is 1. The lowest BCUT2D eigenvalue weighted by Gasteiger charge is -2.21. The van der Waals surface area contributed by atoms with Gasteiger partial charge in [-0.15, -0.1) is 0 Å². The molecule has 0 radical (unpaired) electrons. The van der Waals surface area contributed by atoms with E-state index in [-0.39, 0.29) is 0 Å². The maximum absolute atomic E-state index is 4.46. The molecule has 20 heavy (non-hydrogen) atoms. The Balaban J connectivity index is 1.71. The van der Waals surface area contributed by atoms with Gasteiger partial charge in [0.1, 0.15) is 0 Å². The highest BCUT2D eigenvalue weighted by atomic mass is 15.2. The highest BCUT2D eigenvalue weighted by Gasteiger charge is 2.16. The van der Waals surface area contributed by atoms with Crippen LogP contribution >= 0.6 is 0 Å². The van der Waals surface area contributed by atoms with Gasteiger partial charge in [-0.1, -0.05) is 12.8 Å². The molecule has 2 rings (SSSR count). The van der Waals surface area contributed by atoms with Crippen molar-refractivity contribution in [3.05, 3.63) is 12.4 Å². The van der Waals surface area contributed by atoms with Gasteiger partial charge in [0.05, 0.1) is 0 Å². The fourth-order valence-corrected chi connectivity index (χ4v) is 2.78. The first-order valence-electron chi connectivity index (χ1n) is 8.14. The minimum Gasteiger partial charge on any atom is -0.353 e. The monoisotopic (exact) mass is 278 g/mol. The molecule has 1 fully saturated rings. The first-order valence-corrected chi connectivity index (χ1v) is 8.14. The first kappa shape index (κ1) is 15.4. The predicted octanol–water partition coefficient (Wildman–Crippen LogP) is 3.36. The van der Waals surface area contributed by atoms with Crippen molar-refractivity contribution in [3.63, 3.8) is 0 Å². The van der Waals surface area contributed by atoms with Crippen LogP contribution in [0, 0.1) is 0 Å². The Morgan fingerprint density at radius 1 is 1.35 bits per heavy atom. The van der Waals surface area contributed by atoms with Gasteiger partial charge >= 0.3 is 0 Å². The van der Waals surface area contributed by atoms with Crippen molar-refractivity contribution in [2.24, 2.45) is 0 Å². The minimum atomic E-state index is 0.642. The molecule has 1 aromatic heterocycles. The van der Waals surface area contributed by atoms with Crippen LogP contribution in [-0.4, -0.2) is 40.1 Å². The lowest BCUT2D eigenvalue weighted by atomic mass is 10.2. The van der Waals surface area contributed by atoms with E-state index in [4.69, 9.17) is 0 Å². The van der Waals surface area contributed by atoms with E-state index in [9.17, 15) is 0 Å². The summed E-state index contributed by atoms with van der Waals surface area (Å²) in [6.45, 7) is 6.75. The lowest BCUT2D eigenvalue weighted by molar-refractivity contribution is 0.266. The van der Waals surface area contributed by atoms with E-state index < -0.39 is 0 Å². The van der Waals surface area contributed by atoms with Crippen LogP contribution < -0.4 is 5.32 Å². The van der Waals surface area contributed by atoms with Crippen LogP contribution in [0.25, 0.3) is 0 Å². The molecule has 0 bridgehead atoms. The van der Waals surface area contributed by atoms with Gasteiger partial charge in [-0.05, 0) is 53.1 Å². The Morgan fingerprint density at radius 3 is 2.80 bits per heavy atom. The van der Waals surface area contributed by atoms with Crippen LogP contribution in [0.4, 0.5) is 5.95 Å². The average Bonchev–Trinajstić information content (AvgIpc) is 3.07. The van der Waals surface area contributed by atoms with E-state index in [0.29, 0.717) is 12.1 Å². The van der Waals surface area contributed by atoms with Crippen molar-refractivity contribution in [2.75, 3.05) is 18.9 Å². The largest absolute Gasteiger partial charge is 0.353 e. The van der Waals surface area contributed by atoms with Crippen molar-refractivity contribution < 1.29 is 0 Å². The highest BCUT2D eigenvalue weighted by molar-refractivity contribution is 5.27. The van der Waals surface area contributed by atoms with E-state index in [2.05, 4.69) is 46.9 Å². The smallest absolute Gasteiger partial charge is 0.202 e. The number of hydrogen-bond acceptors (Lipinski definition) is 3. The molecule has 1 aliphatic rings. The topological polar surface area (TPSA) is 33.1 Å². The molecule has 0 atom stereocenters. The van der Waals surface area contributed by atoms with E-state index in [1.807, 2.05) is 6.20 Å². The molecule has 0 unspecified atom stereocenters. The van der Waals surface area contributed by atoms with Crippen LogP contribution in [0.2, 0.25) is 0 Å². The zero-order valence-electron chi connectivity index (χ0n) is 13.3. The molecule has 114 valence electrons. The summed E-state index contributed by atoms with van der Waals surface area (Å²) in [5, 5.41) is 3.60. The van der Waals surface area contributed by atoms with Gasteiger partial charge in [0.2, 0.25) is 5.95 Å². The number of nitrogens with zero attached hydrogens (tertiary/aromatic N) is 3. The van der Waals surface area contributed by atoms with Gasteiger partial charge in [-0.3, -0.25) is 0 Å². The third-order valence-corrected chi connectivity index (χ3v) is 4.45. The van der Waals surface area contributed by atoms with Crippen molar-refractivity contribution in [2.45, 2.75) is 71.0 Å². The van der Waals surface area contributed by atoms with Crippen LogP contribution in [0.3, 0.4) is 0 Å². The molecule has 1 aromatic rings. The Bertz CT molecular complexity index is 380. The van der Waals surface area contributed by atoms with Gasteiger partial charge < -0.3 is 14.8 Å². The second kappa shape index (κ2) is 7.67. The Morgan fingerprint density at radius 2 is 2.10 bits per heavy atom. The third kappa shape index (κ3) is 4.51. The predicted molar refractivity (Wildman–Crippen MR) is 85.1 cm³/mol. The Hall–Kier alpha value is -1.03. The lowest BCUT2D eigenvalue weighted by Crippen LogP contribution is -2.27. The summed E-state index contributed by atoms with van der Waals surface area (Å²) >= 11 is 0. The quantitative estimate of drug-likeness (QED) is 0.740. The number of imidazole rings is 1. The molecule has 0 amide bonds. The van der Waals surface area contributed by atoms with E-state index in [0.717, 1.165) is 12.5 Å². The van der Waals surface area contributed by atoms with Gasteiger partial charge in [-0.2, -0.15) is 0 Å². The fourth-order valence-electron chi connectivity index (χ4n) is 2.78. The number of aryl methyl sites for hydroxylation is 1. The van der Waals surface area contributed by atoms with E-state index >= 15 is 0 Å². The molecular formula is C16H30N4. The minimum absolute atomic E-state index is 0.642. The highest BCUT2D eigenvalue weighted by Crippen LogP contribution is 2.21. The summed E-state index contributed by atoms with van der Waals surface area (Å²) in [5.74, 6) is 1.06. The molecule has 1 heterocycles. The van der Waals surface area contributed by atoms with Crippen molar-refractivity contribution >= 4 is 5.95 Å². The van der Waals surface area contributed by atoms with Crippen LogP contribution in [0.5, 0.6) is 0 Å². The summed E-state index contributed by atoms with van der Waals surface area (Å²) in [4.78, 5) is 6.87. The molecule has 4 heteroatoms. The van der Waals surface area contributed by atoms with E-state index in [1.54, 1.807) is 0 Å². The number of nitrogens with one attached hydrogen (secondary N) is 1. The molecule has 1 aliphatic carbocycles. The molecule has 0 aliphatic heterocycles. The molecular weight excluding hydrogens is 248 g/mol. The zero-order valence-corrected chi connectivity index (χ0v) is 13.3. The van der Waals surface area contributed by atoms with Crippen LogP contribution in [-0.2, 0) is 6.54 Å². The molecule has 1 saturated carbocycles. The van der Waals surface area contributed by atoms with Gasteiger partial charge in [0.15, 0.2) is 0 Å². The number of anilines is 1. The van der Waals surface area contributed by atoms with Crippen molar-refractivity contribution in [1.82, 2.24) is 14.5 Å². The SMILES string of the molecule is CC(C)N(C)CCCCn1ccnc1NC1CCCC1. The van der Waals surface area contributed by atoms with Crippen LogP contribution in [0.1, 0.15) is 52.4 Å². The van der Waals surface area contributed by atoms with Gasteiger partial charge in [0.25, 0.3) is 0 Å². The number of rotatable bonds is 8. The summed E-state index contributed by atoms with van der Waals surface area (Å²) < 4.78 is 2.27. The summed E-state index contributed by atoms with van der Waals surface area (Å²) in [5.41, 5.74) is 0. The molecule has 0 saturated heterocycles. The fraction of sp³-hybridized carbons (Fsp3) is 0.812. The maximum Gasteiger partial charge on any atom is 0.202 e. The van der Waals surface area contributed by atoms with Crippen LogP contribution in [0.15, 0.2) is 12.4 Å². The number of aromatic nitrogens is 2. The molecule has 0 aromatic carbocycles. The molecule has 1 N–H and O–H groups in total.